The van der Waals surface area contributed by atoms with E-state index < -0.39 is 17.7 Å². The van der Waals surface area contributed by atoms with E-state index in [4.69, 9.17) is 10.3 Å². The molecule has 0 saturated heterocycles. The molecule has 0 aliphatic carbocycles. The maximum atomic E-state index is 13.2. The minimum absolute atomic E-state index is 0.0924. The number of nitrogens with zero attached hydrogens (tertiary/aromatic N) is 2. The maximum Gasteiger partial charge on any atom is 0.248 e. The van der Waals surface area contributed by atoms with Crippen LogP contribution >= 0.6 is 0 Å². The van der Waals surface area contributed by atoms with Crippen LogP contribution in [0, 0.1) is 11.6 Å². The van der Waals surface area contributed by atoms with Gasteiger partial charge in [0.15, 0.2) is 0 Å². The molecule has 3 aromatic rings. The highest BCUT2D eigenvalue weighted by Gasteiger charge is 2.18. The Morgan fingerprint density at radius 3 is 2.33 bits per heavy atom. The van der Waals surface area contributed by atoms with Gasteiger partial charge >= 0.3 is 0 Å². The van der Waals surface area contributed by atoms with E-state index in [1.807, 2.05) is 30.3 Å². The van der Waals surface area contributed by atoms with Crippen molar-refractivity contribution in [1.29, 1.82) is 0 Å². The summed E-state index contributed by atoms with van der Waals surface area (Å²) in [6.07, 6.45) is 0. The quantitative estimate of drug-likeness (QED) is 0.804. The Hall–Kier alpha value is -2.60. The second-order valence-electron chi connectivity index (χ2n) is 4.50. The second-order valence-corrected chi connectivity index (χ2v) is 4.50. The molecule has 0 fully saturated rings. The highest BCUT2D eigenvalue weighted by Crippen LogP contribution is 2.23. The van der Waals surface area contributed by atoms with Crippen molar-refractivity contribution in [3.63, 3.8) is 0 Å². The van der Waals surface area contributed by atoms with Crippen LogP contribution in [0.15, 0.2) is 53.1 Å². The second kappa shape index (κ2) is 5.41. The van der Waals surface area contributed by atoms with Crippen LogP contribution in [0.5, 0.6) is 0 Å². The predicted molar refractivity (Wildman–Crippen MR) is 72.1 cm³/mol. The minimum atomic E-state index is -0.705. The average Bonchev–Trinajstić information content (AvgIpc) is 2.96. The third kappa shape index (κ3) is 2.80. The van der Waals surface area contributed by atoms with E-state index in [9.17, 15) is 8.78 Å². The highest BCUT2D eigenvalue weighted by molar-refractivity contribution is 5.54. The normalized spacial score (nSPS) is 12.3. The standard InChI is InChI=1S/C15H11F2N3O/c16-11-6-10(7-12(17)8-11)14-19-15(21-20-14)13(18)9-4-2-1-3-5-9/h1-8,13H,18H2/t13-/m1/s1. The molecule has 0 saturated carbocycles. The molecule has 21 heavy (non-hydrogen) atoms. The zero-order chi connectivity index (χ0) is 14.8. The molecule has 0 spiro atoms. The molecule has 6 heteroatoms. The van der Waals surface area contributed by atoms with E-state index >= 15 is 0 Å². The summed E-state index contributed by atoms with van der Waals surface area (Å²) < 4.78 is 31.5. The van der Waals surface area contributed by atoms with Gasteiger partial charge in [-0.05, 0) is 17.7 Å². The van der Waals surface area contributed by atoms with Crippen molar-refractivity contribution < 1.29 is 13.3 Å². The van der Waals surface area contributed by atoms with Gasteiger partial charge in [0, 0.05) is 11.6 Å². The first-order valence-electron chi connectivity index (χ1n) is 6.24. The van der Waals surface area contributed by atoms with Crippen LogP contribution in [0.3, 0.4) is 0 Å². The van der Waals surface area contributed by atoms with Gasteiger partial charge in [-0.2, -0.15) is 4.98 Å². The topological polar surface area (TPSA) is 64.9 Å². The van der Waals surface area contributed by atoms with E-state index in [0.29, 0.717) is 0 Å². The van der Waals surface area contributed by atoms with Crippen molar-refractivity contribution in [2.24, 2.45) is 5.73 Å². The lowest BCUT2D eigenvalue weighted by molar-refractivity contribution is 0.367. The van der Waals surface area contributed by atoms with Gasteiger partial charge in [0.1, 0.15) is 17.7 Å². The fourth-order valence-corrected chi connectivity index (χ4v) is 1.96. The fourth-order valence-electron chi connectivity index (χ4n) is 1.96. The van der Waals surface area contributed by atoms with Gasteiger partial charge in [-0.1, -0.05) is 35.5 Å². The molecule has 4 nitrogen and oxygen atoms in total. The lowest BCUT2D eigenvalue weighted by atomic mass is 10.1. The Balaban J connectivity index is 1.93. The zero-order valence-corrected chi connectivity index (χ0v) is 10.8. The summed E-state index contributed by atoms with van der Waals surface area (Å²) in [5.41, 5.74) is 7.02. The molecule has 0 bridgehead atoms. The van der Waals surface area contributed by atoms with Gasteiger partial charge in [0.25, 0.3) is 0 Å². The first-order chi connectivity index (χ1) is 10.1. The molecular formula is C15H11F2N3O. The molecule has 0 amide bonds. The number of nitrogens with two attached hydrogens (primary N) is 1. The Kier molecular flexibility index (Phi) is 3.45. The Bertz CT molecular complexity index is 738. The molecule has 3 rings (SSSR count). The fraction of sp³-hybridized carbons (Fsp3) is 0.0667. The van der Waals surface area contributed by atoms with Crippen LogP contribution in [0.2, 0.25) is 0 Å². The van der Waals surface area contributed by atoms with Crippen LogP contribution in [0.4, 0.5) is 8.78 Å². The lowest BCUT2D eigenvalue weighted by Crippen LogP contribution is -2.11. The summed E-state index contributed by atoms with van der Waals surface area (Å²) in [6.45, 7) is 0. The van der Waals surface area contributed by atoms with E-state index in [2.05, 4.69) is 10.1 Å². The number of hydrogen-bond acceptors (Lipinski definition) is 4. The van der Waals surface area contributed by atoms with Gasteiger partial charge in [-0.25, -0.2) is 8.78 Å². The molecule has 0 aliphatic rings. The monoisotopic (exact) mass is 287 g/mol. The smallest absolute Gasteiger partial charge is 0.248 e. The molecule has 1 aromatic heterocycles. The van der Waals surface area contributed by atoms with Crippen molar-refractivity contribution in [2.45, 2.75) is 6.04 Å². The van der Waals surface area contributed by atoms with Crippen molar-refractivity contribution in [1.82, 2.24) is 10.1 Å². The number of aromatic nitrogens is 2. The van der Waals surface area contributed by atoms with Crippen LogP contribution in [-0.4, -0.2) is 10.1 Å². The third-order valence-electron chi connectivity index (χ3n) is 2.99. The van der Waals surface area contributed by atoms with Crippen LogP contribution in [0.1, 0.15) is 17.5 Å². The molecule has 1 atom stereocenters. The van der Waals surface area contributed by atoms with Crippen LogP contribution in [-0.2, 0) is 0 Å². The first-order valence-corrected chi connectivity index (χ1v) is 6.24. The Morgan fingerprint density at radius 2 is 1.67 bits per heavy atom. The van der Waals surface area contributed by atoms with Crippen molar-refractivity contribution in [3.8, 4) is 11.4 Å². The molecule has 106 valence electrons. The number of halogens is 2. The molecular weight excluding hydrogens is 276 g/mol. The number of rotatable bonds is 3. The summed E-state index contributed by atoms with van der Waals surface area (Å²) in [5.74, 6) is -1.14. The lowest BCUT2D eigenvalue weighted by Gasteiger charge is -2.05. The summed E-state index contributed by atoms with van der Waals surface area (Å²) in [6, 6.07) is 11.7. The highest BCUT2D eigenvalue weighted by atomic mass is 19.1. The van der Waals surface area contributed by atoms with Crippen LogP contribution in [0.25, 0.3) is 11.4 Å². The Morgan fingerprint density at radius 1 is 1.00 bits per heavy atom. The molecule has 0 radical (unpaired) electrons. The SMILES string of the molecule is N[C@H](c1ccccc1)c1nc(-c2cc(F)cc(F)c2)no1. The van der Waals surface area contributed by atoms with Gasteiger partial charge in [-0.3, -0.25) is 0 Å². The minimum Gasteiger partial charge on any atom is -0.337 e. The van der Waals surface area contributed by atoms with Crippen LogP contribution < -0.4 is 5.73 Å². The van der Waals surface area contributed by atoms with Gasteiger partial charge in [-0.15, -0.1) is 0 Å². The van der Waals surface area contributed by atoms with E-state index in [1.165, 1.54) is 0 Å². The number of benzene rings is 2. The third-order valence-corrected chi connectivity index (χ3v) is 2.99. The van der Waals surface area contributed by atoms with E-state index in [1.54, 1.807) is 0 Å². The molecule has 2 aromatic carbocycles. The largest absolute Gasteiger partial charge is 0.337 e. The van der Waals surface area contributed by atoms with E-state index in [-0.39, 0.29) is 17.3 Å². The Labute approximate surface area is 119 Å². The van der Waals surface area contributed by atoms with Gasteiger partial charge in [0.2, 0.25) is 11.7 Å². The van der Waals surface area contributed by atoms with Gasteiger partial charge in [0.05, 0.1) is 0 Å². The summed E-state index contributed by atoms with van der Waals surface area (Å²) in [7, 11) is 0. The molecule has 2 N–H and O–H groups in total. The van der Waals surface area contributed by atoms with E-state index in [0.717, 1.165) is 23.8 Å². The predicted octanol–water partition coefficient (Wildman–Crippen LogP) is 3.06. The maximum absolute atomic E-state index is 13.2. The summed E-state index contributed by atoms with van der Waals surface area (Å²) in [4.78, 5) is 4.10. The van der Waals surface area contributed by atoms with Crippen molar-refractivity contribution >= 4 is 0 Å². The summed E-state index contributed by atoms with van der Waals surface area (Å²) >= 11 is 0. The number of hydrogen-bond donors (Lipinski definition) is 1. The zero-order valence-electron chi connectivity index (χ0n) is 10.8. The van der Waals surface area contributed by atoms with Gasteiger partial charge < -0.3 is 10.3 Å². The molecule has 1 heterocycles. The average molecular weight is 287 g/mol. The van der Waals surface area contributed by atoms with Crippen molar-refractivity contribution in [2.75, 3.05) is 0 Å². The summed E-state index contributed by atoms with van der Waals surface area (Å²) in [5, 5.41) is 3.72. The molecule has 0 aliphatic heterocycles. The molecule has 0 unspecified atom stereocenters. The first kappa shape index (κ1) is 13.4. The van der Waals surface area contributed by atoms with Crippen molar-refractivity contribution in [3.05, 3.63) is 71.6 Å².